The monoisotopic (exact) mass is 342 g/mol. The SMILES string of the molecule is Cn1c(C(=O)Nc2ccccc2F)nc2c1CCN(C(=O)C1CC1)C2. The van der Waals surface area contributed by atoms with Crippen LogP contribution >= 0.6 is 0 Å². The molecule has 6 nitrogen and oxygen atoms in total. The molecule has 1 aromatic heterocycles. The average molecular weight is 342 g/mol. The van der Waals surface area contributed by atoms with Crippen molar-refractivity contribution in [3.05, 3.63) is 47.3 Å². The predicted octanol–water partition coefficient (Wildman–Crippen LogP) is 2.11. The molecule has 1 saturated carbocycles. The number of aromatic nitrogens is 2. The first-order valence-electron chi connectivity index (χ1n) is 8.43. The number of para-hydroxylation sites is 1. The highest BCUT2D eigenvalue weighted by atomic mass is 19.1. The van der Waals surface area contributed by atoms with E-state index in [2.05, 4.69) is 10.3 Å². The largest absolute Gasteiger partial charge is 0.336 e. The molecule has 0 atom stereocenters. The molecule has 1 aliphatic heterocycles. The molecule has 1 aromatic carbocycles. The number of imidazole rings is 1. The summed E-state index contributed by atoms with van der Waals surface area (Å²) in [6.45, 7) is 1.09. The molecule has 1 N–H and O–H groups in total. The highest BCUT2D eigenvalue weighted by Crippen LogP contribution is 2.32. The van der Waals surface area contributed by atoms with Gasteiger partial charge in [-0.3, -0.25) is 9.59 Å². The van der Waals surface area contributed by atoms with E-state index in [0.717, 1.165) is 24.2 Å². The first kappa shape index (κ1) is 15.8. The highest BCUT2D eigenvalue weighted by molar-refractivity contribution is 6.02. The van der Waals surface area contributed by atoms with Crippen LogP contribution in [0.25, 0.3) is 0 Å². The van der Waals surface area contributed by atoms with Gasteiger partial charge < -0.3 is 14.8 Å². The van der Waals surface area contributed by atoms with Crippen LogP contribution < -0.4 is 5.32 Å². The number of amides is 2. The first-order valence-corrected chi connectivity index (χ1v) is 8.43. The van der Waals surface area contributed by atoms with Gasteiger partial charge in [0.15, 0.2) is 5.82 Å². The van der Waals surface area contributed by atoms with Crippen molar-refractivity contribution in [3.63, 3.8) is 0 Å². The zero-order valence-corrected chi connectivity index (χ0v) is 14.0. The van der Waals surface area contributed by atoms with Gasteiger partial charge in [-0.2, -0.15) is 0 Å². The lowest BCUT2D eigenvalue weighted by atomic mass is 10.1. The van der Waals surface area contributed by atoms with Crippen LogP contribution in [0.3, 0.4) is 0 Å². The normalized spacial score (nSPS) is 16.5. The number of nitrogens with one attached hydrogen (secondary N) is 1. The lowest BCUT2D eigenvalue weighted by molar-refractivity contribution is -0.133. The van der Waals surface area contributed by atoms with E-state index in [9.17, 15) is 14.0 Å². The van der Waals surface area contributed by atoms with E-state index in [1.165, 1.54) is 12.1 Å². The Hall–Kier alpha value is -2.70. The fourth-order valence-corrected chi connectivity index (χ4v) is 3.25. The van der Waals surface area contributed by atoms with Crippen molar-refractivity contribution in [1.82, 2.24) is 14.5 Å². The molecular weight excluding hydrogens is 323 g/mol. The van der Waals surface area contributed by atoms with Crippen LogP contribution in [0.4, 0.5) is 10.1 Å². The van der Waals surface area contributed by atoms with Gasteiger partial charge in [-0.1, -0.05) is 12.1 Å². The van der Waals surface area contributed by atoms with Crippen molar-refractivity contribution in [3.8, 4) is 0 Å². The smallest absolute Gasteiger partial charge is 0.291 e. The lowest BCUT2D eigenvalue weighted by Gasteiger charge is -2.26. The molecule has 1 aliphatic carbocycles. The molecule has 1 fully saturated rings. The number of hydrogen-bond donors (Lipinski definition) is 1. The molecule has 2 amide bonds. The maximum atomic E-state index is 13.7. The van der Waals surface area contributed by atoms with E-state index < -0.39 is 11.7 Å². The van der Waals surface area contributed by atoms with Gasteiger partial charge in [-0.25, -0.2) is 9.37 Å². The van der Waals surface area contributed by atoms with Crippen LogP contribution in [0.15, 0.2) is 24.3 Å². The summed E-state index contributed by atoms with van der Waals surface area (Å²) in [6.07, 6.45) is 2.62. The van der Waals surface area contributed by atoms with E-state index in [1.54, 1.807) is 23.7 Å². The molecule has 7 heteroatoms. The molecule has 0 bridgehead atoms. The fraction of sp³-hybridized carbons (Fsp3) is 0.389. The van der Waals surface area contributed by atoms with Crippen molar-refractivity contribution < 1.29 is 14.0 Å². The maximum absolute atomic E-state index is 13.7. The highest BCUT2D eigenvalue weighted by Gasteiger charge is 2.36. The number of carbonyl (C=O) groups is 2. The molecule has 2 aliphatic rings. The summed E-state index contributed by atoms with van der Waals surface area (Å²) < 4.78 is 15.5. The quantitative estimate of drug-likeness (QED) is 0.929. The van der Waals surface area contributed by atoms with Crippen LogP contribution in [0.5, 0.6) is 0 Å². The second-order valence-electron chi connectivity index (χ2n) is 6.61. The summed E-state index contributed by atoms with van der Waals surface area (Å²) in [5.41, 5.74) is 1.83. The minimum Gasteiger partial charge on any atom is -0.336 e. The van der Waals surface area contributed by atoms with Gasteiger partial charge in [0.25, 0.3) is 5.91 Å². The Balaban J connectivity index is 1.55. The van der Waals surface area contributed by atoms with Crippen molar-refractivity contribution >= 4 is 17.5 Å². The molecule has 130 valence electrons. The molecule has 0 saturated heterocycles. The summed E-state index contributed by atoms with van der Waals surface area (Å²) in [6, 6.07) is 6.02. The Bertz CT molecular complexity index is 857. The molecule has 2 heterocycles. The molecule has 0 radical (unpaired) electrons. The number of hydrogen-bond acceptors (Lipinski definition) is 3. The third kappa shape index (κ3) is 2.90. The van der Waals surface area contributed by atoms with E-state index in [4.69, 9.17) is 0 Å². The second-order valence-corrected chi connectivity index (χ2v) is 6.61. The van der Waals surface area contributed by atoms with Crippen molar-refractivity contribution in [2.24, 2.45) is 13.0 Å². The first-order chi connectivity index (χ1) is 12.0. The fourth-order valence-electron chi connectivity index (χ4n) is 3.25. The molecule has 2 aromatic rings. The number of halogens is 1. The Morgan fingerprint density at radius 2 is 2.04 bits per heavy atom. The van der Waals surface area contributed by atoms with Gasteiger partial charge in [0, 0.05) is 31.6 Å². The van der Waals surface area contributed by atoms with Crippen LogP contribution in [-0.2, 0) is 24.8 Å². The number of anilines is 1. The summed E-state index contributed by atoms with van der Waals surface area (Å²) >= 11 is 0. The van der Waals surface area contributed by atoms with Crippen molar-refractivity contribution in [2.45, 2.75) is 25.8 Å². The van der Waals surface area contributed by atoms with Gasteiger partial charge in [-0.05, 0) is 25.0 Å². The zero-order chi connectivity index (χ0) is 17.6. The number of nitrogens with zero attached hydrogens (tertiary/aromatic N) is 3. The number of benzene rings is 1. The molecule has 0 spiro atoms. The van der Waals surface area contributed by atoms with Crippen LogP contribution in [0.1, 0.15) is 34.8 Å². The van der Waals surface area contributed by atoms with E-state index in [1.807, 2.05) is 4.90 Å². The lowest BCUT2D eigenvalue weighted by Crippen LogP contribution is -2.37. The van der Waals surface area contributed by atoms with Crippen molar-refractivity contribution in [1.29, 1.82) is 0 Å². The Labute approximate surface area is 144 Å². The van der Waals surface area contributed by atoms with E-state index in [0.29, 0.717) is 19.5 Å². The third-order valence-corrected chi connectivity index (χ3v) is 4.82. The van der Waals surface area contributed by atoms with E-state index in [-0.39, 0.29) is 23.3 Å². The van der Waals surface area contributed by atoms with Gasteiger partial charge in [0.1, 0.15) is 5.82 Å². The summed E-state index contributed by atoms with van der Waals surface area (Å²) in [5, 5.41) is 2.56. The van der Waals surface area contributed by atoms with Gasteiger partial charge >= 0.3 is 0 Å². The minimum atomic E-state index is -0.490. The maximum Gasteiger partial charge on any atom is 0.291 e. The summed E-state index contributed by atoms with van der Waals surface area (Å²) in [7, 11) is 1.78. The van der Waals surface area contributed by atoms with Crippen LogP contribution in [0, 0.1) is 11.7 Å². The zero-order valence-electron chi connectivity index (χ0n) is 14.0. The van der Waals surface area contributed by atoms with Gasteiger partial charge in [0.2, 0.25) is 5.91 Å². The predicted molar refractivity (Wildman–Crippen MR) is 89.4 cm³/mol. The van der Waals surface area contributed by atoms with Crippen LogP contribution in [-0.4, -0.2) is 32.8 Å². The number of fused-ring (bicyclic) bond motifs is 1. The van der Waals surface area contributed by atoms with Crippen molar-refractivity contribution in [2.75, 3.05) is 11.9 Å². The second kappa shape index (κ2) is 5.98. The molecule has 4 rings (SSSR count). The van der Waals surface area contributed by atoms with Gasteiger partial charge in [0.05, 0.1) is 17.9 Å². The van der Waals surface area contributed by atoms with E-state index >= 15 is 0 Å². The van der Waals surface area contributed by atoms with Gasteiger partial charge in [-0.15, -0.1) is 0 Å². The minimum absolute atomic E-state index is 0.124. The third-order valence-electron chi connectivity index (χ3n) is 4.82. The molecular formula is C18H19FN4O2. The number of carbonyl (C=O) groups excluding carboxylic acids is 2. The van der Waals surface area contributed by atoms with Crippen LogP contribution in [0.2, 0.25) is 0 Å². The summed E-state index contributed by atoms with van der Waals surface area (Å²) in [5.74, 6) is -0.352. The Kier molecular flexibility index (Phi) is 3.78. The Morgan fingerprint density at radius 3 is 2.76 bits per heavy atom. The molecule has 0 unspecified atom stereocenters. The number of rotatable bonds is 3. The Morgan fingerprint density at radius 1 is 1.28 bits per heavy atom. The topological polar surface area (TPSA) is 67.2 Å². The average Bonchev–Trinajstić information content (AvgIpc) is 3.40. The standard InChI is InChI=1S/C18H19FN4O2/c1-22-15-8-9-23(18(25)11-6-7-11)10-14(15)20-16(22)17(24)21-13-5-3-2-4-12(13)19/h2-5,11H,6-10H2,1H3,(H,21,24). The molecule has 25 heavy (non-hydrogen) atoms. The summed E-state index contributed by atoms with van der Waals surface area (Å²) in [4.78, 5) is 31.0.